The third-order valence-corrected chi connectivity index (χ3v) is 2.57. The van der Waals surface area contributed by atoms with Crippen molar-refractivity contribution in [3.8, 4) is 249 Å². The first-order chi connectivity index (χ1) is 21.4. The second kappa shape index (κ2) is 32.8. The average molecular weight is 521 g/mol. The third kappa shape index (κ3) is 32.8. The van der Waals surface area contributed by atoms with Gasteiger partial charge in [-0.2, -0.15) is 0 Å². The molecular formula is C43H4. The first-order valence-electron chi connectivity index (χ1n) is 10.8. The zero-order valence-corrected chi connectivity index (χ0v) is 22.1. The predicted molar refractivity (Wildman–Crippen MR) is 170 cm³/mol. The molecule has 0 N–H and O–H groups in total. The molecule has 0 atom stereocenters. The summed E-state index contributed by atoms with van der Waals surface area (Å²) in [6.45, 7) is 1.69. The lowest BCUT2D eigenvalue weighted by molar-refractivity contribution is 1.92. The maximum atomic E-state index is 4.93. The van der Waals surface area contributed by atoms with E-state index in [0.717, 1.165) is 0 Å². The van der Waals surface area contributed by atoms with E-state index in [0.29, 0.717) is 0 Å². The smallest absolute Gasteiger partial charge is 0 e. The molecule has 0 aromatic heterocycles. The number of rotatable bonds is 0. The van der Waals surface area contributed by atoms with E-state index in [2.05, 4.69) is 243 Å². The van der Waals surface area contributed by atoms with Crippen molar-refractivity contribution in [1.82, 2.24) is 0 Å². The van der Waals surface area contributed by atoms with Crippen molar-refractivity contribution >= 4 is 0 Å². The van der Waals surface area contributed by atoms with E-state index in [9.17, 15) is 0 Å². The Hall–Kier alpha value is -9.24. The van der Waals surface area contributed by atoms with Crippen LogP contribution in [0.3, 0.4) is 0 Å². The molecule has 0 aliphatic rings. The van der Waals surface area contributed by atoms with Crippen molar-refractivity contribution in [2.24, 2.45) is 0 Å². The molecular weight excluding hydrogens is 516 g/mol. The predicted octanol–water partition coefficient (Wildman–Crippen LogP) is 0.708. The van der Waals surface area contributed by atoms with Crippen molar-refractivity contribution in [2.45, 2.75) is 6.92 Å². The molecule has 0 saturated carbocycles. The summed E-state index contributed by atoms with van der Waals surface area (Å²) in [5.41, 5.74) is 0. The molecule has 0 radical (unpaired) electrons. The molecule has 0 aliphatic carbocycles. The fourth-order valence-electron chi connectivity index (χ4n) is 1.25. The maximum Gasteiger partial charge on any atom is 0 e. The highest BCUT2D eigenvalue weighted by Crippen LogP contribution is 1.61. The van der Waals surface area contributed by atoms with Gasteiger partial charge in [-0.3, -0.25) is 0 Å². The van der Waals surface area contributed by atoms with Gasteiger partial charge in [0.25, 0.3) is 0 Å². The van der Waals surface area contributed by atoms with Gasteiger partial charge < -0.3 is 0 Å². The number of hydrogen-bond acceptors (Lipinski definition) is 0. The molecule has 0 aromatic carbocycles. The van der Waals surface area contributed by atoms with Gasteiger partial charge in [0.1, 0.15) is 0 Å². The minimum absolute atomic E-state index is 1.69. The van der Waals surface area contributed by atoms with E-state index in [1.54, 1.807) is 6.92 Å². The summed E-state index contributed by atoms with van der Waals surface area (Å²) in [5, 5.41) is 0. The van der Waals surface area contributed by atoms with Crippen molar-refractivity contribution in [1.29, 1.82) is 0 Å². The van der Waals surface area contributed by atoms with Crippen molar-refractivity contribution < 1.29 is 0 Å². The Morgan fingerprint density at radius 3 is 0.419 bits per heavy atom. The Labute approximate surface area is 255 Å². The Kier molecular flexibility index (Phi) is 25.7. The lowest BCUT2D eigenvalue weighted by atomic mass is 10.4. The summed E-state index contributed by atoms with van der Waals surface area (Å²) < 4.78 is 0. The van der Waals surface area contributed by atoms with Crippen LogP contribution in [0.5, 0.6) is 0 Å². The highest BCUT2D eigenvalue weighted by molar-refractivity contribution is 5.50. The first-order valence-corrected chi connectivity index (χ1v) is 10.8. The molecule has 0 amide bonds. The van der Waals surface area contributed by atoms with Gasteiger partial charge >= 0.3 is 0 Å². The monoisotopic (exact) mass is 520 g/mol. The van der Waals surface area contributed by atoms with Crippen LogP contribution in [0.15, 0.2) is 0 Å². The minimum atomic E-state index is 1.69. The van der Waals surface area contributed by atoms with E-state index in [1.807, 2.05) is 0 Å². The van der Waals surface area contributed by atoms with E-state index in [1.165, 1.54) is 0 Å². The van der Waals surface area contributed by atoms with E-state index < -0.39 is 0 Å². The third-order valence-electron chi connectivity index (χ3n) is 2.57. The topological polar surface area (TPSA) is 0 Å². The minimum Gasteiger partial charge on any atom is -0.106 e. The SMILES string of the molecule is C#CC#CC#CC#CC#CC#CC#CC#CC#CC#CC#CC#CC#CC#CC#CC#CC#CC#CC#CC#CC#CC. The number of hydrogen-bond donors (Lipinski definition) is 0. The van der Waals surface area contributed by atoms with Gasteiger partial charge in [-0.25, -0.2) is 0 Å². The van der Waals surface area contributed by atoms with Crippen LogP contribution in [0.2, 0.25) is 0 Å². The molecule has 0 fully saturated rings. The molecule has 0 spiro atoms. The molecule has 0 nitrogen and oxygen atoms in total. The summed E-state index contributed by atoms with van der Waals surface area (Å²) >= 11 is 0. The van der Waals surface area contributed by atoms with Crippen LogP contribution >= 0.6 is 0 Å². The Morgan fingerprint density at radius 1 is 0.186 bits per heavy atom. The molecule has 176 valence electrons. The van der Waals surface area contributed by atoms with Gasteiger partial charge in [0, 0.05) is 142 Å². The van der Waals surface area contributed by atoms with Crippen LogP contribution in [-0.2, 0) is 0 Å². The molecule has 43 heavy (non-hydrogen) atoms. The quantitative estimate of drug-likeness (QED) is 0.413. The van der Waals surface area contributed by atoms with E-state index in [4.69, 9.17) is 6.42 Å². The lowest BCUT2D eigenvalue weighted by Crippen LogP contribution is -1.57. The molecule has 0 heterocycles. The summed E-state index contributed by atoms with van der Waals surface area (Å²) in [6.07, 6.45) is 4.93. The standard InChI is InChI=1S/C43H4/c1-3-5-7-9-11-13-15-17-19-21-23-25-27-29-31-33-35-37-39-41-43-42-40-38-36-34-32-30-28-26-24-22-20-18-16-14-12-10-8-6-4-2/h1H,2H3. The Bertz CT molecular complexity index is 2510. The molecule has 0 bridgehead atoms. The largest absolute Gasteiger partial charge is 0.106 e. The average Bonchev–Trinajstić information content (AvgIpc) is 3.02. The van der Waals surface area contributed by atoms with Crippen LogP contribution in [0.25, 0.3) is 0 Å². The highest BCUT2D eigenvalue weighted by Gasteiger charge is 1.61. The molecule has 0 aromatic rings. The summed E-state index contributed by atoms with van der Waals surface area (Å²) in [7, 11) is 0. The fourth-order valence-corrected chi connectivity index (χ4v) is 1.25. The zero-order valence-electron chi connectivity index (χ0n) is 22.1. The van der Waals surface area contributed by atoms with Crippen LogP contribution in [0.1, 0.15) is 6.92 Å². The van der Waals surface area contributed by atoms with Crippen molar-refractivity contribution in [3.05, 3.63) is 0 Å². The summed E-state index contributed by atoms with van der Waals surface area (Å²) in [5.74, 6) is 102. The second-order valence-corrected chi connectivity index (χ2v) is 5.27. The lowest BCUT2D eigenvalue weighted by Gasteiger charge is -1.57. The van der Waals surface area contributed by atoms with Crippen LogP contribution in [0, 0.1) is 249 Å². The highest BCUT2D eigenvalue weighted by atomic mass is 13.6. The van der Waals surface area contributed by atoms with Gasteiger partial charge in [-0.1, -0.05) is 5.92 Å². The fraction of sp³-hybridized carbons (Fsp3) is 0.0233. The van der Waals surface area contributed by atoms with E-state index >= 15 is 0 Å². The molecule has 0 unspecified atom stereocenters. The Morgan fingerprint density at radius 2 is 0.302 bits per heavy atom. The first kappa shape index (κ1) is 33.8. The van der Waals surface area contributed by atoms with Gasteiger partial charge in [-0.05, 0) is 102 Å². The molecule has 0 saturated heterocycles. The van der Waals surface area contributed by atoms with Gasteiger partial charge in [0.2, 0.25) is 0 Å². The summed E-state index contributed by atoms with van der Waals surface area (Å²) in [4.78, 5) is 0. The van der Waals surface area contributed by atoms with Gasteiger partial charge in [0.05, 0.1) is 0 Å². The zero-order chi connectivity index (χ0) is 31.0. The second-order valence-electron chi connectivity index (χ2n) is 5.27. The van der Waals surface area contributed by atoms with Crippen molar-refractivity contribution in [3.63, 3.8) is 0 Å². The van der Waals surface area contributed by atoms with Crippen LogP contribution in [-0.4, -0.2) is 0 Å². The van der Waals surface area contributed by atoms with Gasteiger partial charge in [0.15, 0.2) is 0 Å². The van der Waals surface area contributed by atoms with Gasteiger partial charge in [-0.15, -0.1) is 6.42 Å². The summed E-state index contributed by atoms with van der Waals surface area (Å²) in [6, 6.07) is 0. The van der Waals surface area contributed by atoms with Crippen LogP contribution in [0.4, 0.5) is 0 Å². The maximum absolute atomic E-state index is 4.93. The molecule has 0 aliphatic heterocycles. The number of terminal acetylenes is 1. The molecule has 0 rings (SSSR count). The normalized spacial score (nSPS) is 3.91. The Balaban J connectivity index is 4.53. The van der Waals surface area contributed by atoms with E-state index in [-0.39, 0.29) is 0 Å². The molecule has 0 heteroatoms. The van der Waals surface area contributed by atoms with Crippen LogP contribution < -0.4 is 0 Å². The van der Waals surface area contributed by atoms with Crippen molar-refractivity contribution in [2.75, 3.05) is 0 Å².